The maximum atomic E-state index is 8.74. The van der Waals surface area contributed by atoms with Crippen LogP contribution in [-0.4, -0.2) is 40.5 Å². The van der Waals surface area contributed by atoms with Crippen molar-refractivity contribution in [1.29, 1.82) is 5.41 Å². The molecule has 6 N–H and O–H groups in total. The lowest BCUT2D eigenvalue weighted by atomic mass is 10.1. The number of rotatable bonds is 3. The van der Waals surface area contributed by atoms with Crippen molar-refractivity contribution in [2.45, 2.75) is 26.3 Å². The van der Waals surface area contributed by atoms with Gasteiger partial charge in [-0.05, 0) is 20.8 Å². The molecule has 0 aliphatic carbocycles. The second kappa shape index (κ2) is 7.85. The van der Waals surface area contributed by atoms with Crippen molar-refractivity contribution in [2.24, 2.45) is 5.73 Å². The molecule has 0 fully saturated rings. The van der Waals surface area contributed by atoms with E-state index in [0.717, 1.165) is 12.3 Å². The van der Waals surface area contributed by atoms with Gasteiger partial charge < -0.3 is 11.1 Å². The van der Waals surface area contributed by atoms with E-state index in [1.807, 2.05) is 0 Å². The van der Waals surface area contributed by atoms with Crippen molar-refractivity contribution < 1.29 is 17.5 Å². The Hall–Kier alpha value is -0.350. The zero-order valence-electron chi connectivity index (χ0n) is 9.52. The van der Waals surface area contributed by atoms with Crippen molar-refractivity contribution in [3.05, 3.63) is 0 Å². The first-order chi connectivity index (χ1) is 6.92. The van der Waals surface area contributed by atoms with Gasteiger partial charge in [0.1, 0.15) is 0 Å². The topological polar surface area (TPSA) is 136 Å². The van der Waals surface area contributed by atoms with Crippen LogP contribution in [0.25, 0.3) is 0 Å². The van der Waals surface area contributed by atoms with Crippen molar-refractivity contribution in [3.8, 4) is 0 Å². The largest absolute Gasteiger partial charge is 0.394 e. The molecular weight excluding hydrogens is 254 g/mol. The van der Waals surface area contributed by atoms with Crippen molar-refractivity contribution >= 4 is 27.3 Å². The van der Waals surface area contributed by atoms with E-state index in [1.54, 1.807) is 0 Å². The standard InChI is InChI=1S/C7H17N3S.H2O4S/c1-7(2,3)10-4-5-11-6(8)9;1-5(2,3)4/h10H,4-5H2,1-3H3,(H3,8,9);(H2,1,2,3,4). The molecule has 0 aliphatic rings. The minimum atomic E-state index is -4.67. The number of thioether (sulfide) groups is 1. The summed E-state index contributed by atoms with van der Waals surface area (Å²) in [6, 6.07) is 0. The Morgan fingerprint density at radius 2 is 1.81 bits per heavy atom. The van der Waals surface area contributed by atoms with E-state index < -0.39 is 10.4 Å². The molecular formula is C7H19N3O4S2. The molecule has 0 saturated heterocycles. The van der Waals surface area contributed by atoms with Crippen LogP contribution >= 0.6 is 11.8 Å². The third-order valence-electron chi connectivity index (χ3n) is 1.01. The number of hydrogen-bond donors (Lipinski definition) is 5. The average Bonchev–Trinajstić information content (AvgIpc) is 1.92. The van der Waals surface area contributed by atoms with Gasteiger partial charge in [-0.15, -0.1) is 0 Å². The summed E-state index contributed by atoms with van der Waals surface area (Å²) in [4.78, 5) is 0. The van der Waals surface area contributed by atoms with Crippen LogP contribution in [0, 0.1) is 5.41 Å². The molecule has 0 bridgehead atoms. The van der Waals surface area contributed by atoms with Gasteiger partial charge in [-0.1, -0.05) is 11.8 Å². The molecule has 7 nitrogen and oxygen atoms in total. The molecule has 0 unspecified atom stereocenters. The number of nitrogens with two attached hydrogens (primary N) is 1. The highest BCUT2D eigenvalue weighted by molar-refractivity contribution is 8.13. The van der Waals surface area contributed by atoms with Crippen LogP contribution in [0.4, 0.5) is 0 Å². The summed E-state index contributed by atoms with van der Waals surface area (Å²) < 4.78 is 31.6. The summed E-state index contributed by atoms with van der Waals surface area (Å²) in [5.74, 6) is 0.868. The smallest absolute Gasteiger partial charge is 0.379 e. The summed E-state index contributed by atoms with van der Waals surface area (Å²) in [5.41, 5.74) is 5.32. The van der Waals surface area contributed by atoms with Crippen molar-refractivity contribution in [2.75, 3.05) is 12.3 Å². The minimum absolute atomic E-state index is 0.164. The van der Waals surface area contributed by atoms with E-state index in [0.29, 0.717) is 0 Å². The third-order valence-corrected chi connectivity index (χ3v) is 1.73. The first-order valence-corrected chi connectivity index (χ1v) is 6.72. The first kappa shape index (κ1) is 18.0. The lowest BCUT2D eigenvalue weighted by Crippen LogP contribution is -2.37. The molecule has 0 heterocycles. The van der Waals surface area contributed by atoms with Crippen LogP contribution in [0.15, 0.2) is 0 Å². The zero-order chi connectivity index (χ0) is 13.4. The summed E-state index contributed by atoms with van der Waals surface area (Å²) in [6.07, 6.45) is 0. The molecule has 0 saturated carbocycles. The van der Waals surface area contributed by atoms with Crippen LogP contribution in [-0.2, 0) is 10.4 Å². The number of amidine groups is 1. The van der Waals surface area contributed by atoms with Crippen LogP contribution in [0.1, 0.15) is 20.8 Å². The monoisotopic (exact) mass is 273 g/mol. The highest BCUT2D eigenvalue weighted by Crippen LogP contribution is 2.00. The summed E-state index contributed by atoms with van der Waals surface area (Å²) >= 11 is 1.37. The van der Waals surface area contributed by atoms with Gasteiger partial charge in [-0.3, -0.25) is 14.5 Å². The fourth-order valence-corrected chi connectivity index (χ4v) is 1.01. The van der Waals surface area contributed by atoms with E-state index in [1.165, 1.54) is 11.8 Å². The minimum Gasteiger partial charge on any atom is -0.379 e. The van der Waals surface area contributed by atoms with Crippen LogP contribution in [0.3, 0.4) is 0 Å². The van der Waals surface area contributed by atoms with Gasteiger partial charge in [0.2, 0.25) is 0 Å². The van der Waals surface area contributed by atoms with Gasteiger partial charge >= 0.3 is 10.4 Å². The Bertz CT molecular complexity index is 289. The van der Waals surface area contributed by atoms with Gasteiger partial charge in [-0.2, -0.15) is 8.42 Å². The Balaban J connectivity index is 0. The molecule has 0 amide bonds. The Morgan fingerprint density at radius 3 is 2.06 bits per heavy atom. The zero-order valence-corrected chi connectivity index (χ0v) is 11.2. The molecule has 0 aromatic heterocycles. The van der Waals surface area contributed by atoms with E-state index >= 15 is 0 Å². The van der Waals surface area contributed by atoms with Crippen molar-refractivity contribution in [3.63, 3.8) is 0 Å². The van der Waals surface area contributed by atoms with Gasteiger partial charge in [-0.25, -0.2) is 0 Å². The maximum absolute atomic E-state index is 8.74. The second-order valence-electron chi connectivity index (χ2n) is 3.84. The summed E-state index contributed by atoms with van der Waals surface area (Å²) in [7, 11) is -4.67. The van der Waals surface area contributed by atoms with Gasteiger partial charge in [0, 0.05) is 17.8 Å². The molecule has 0 rings (SSSR count). The fraction of sp³-hybridized carbons (Fsp3) is 0.857. The van der Waals surface area contributed by atoms with Crippen molar-refractivity contribution in [1.82, 2.24) is 5.32 Å². The summed E-state index contributed by atoms with van der Waals surface area (Å²) in [5, 5.41) is 10.4. The Labute approximate surface area is 100 Å². The molecule has 0 aromatic carbocycles. The van der Waals surface area contributed by atoms with Crippen LogP contribution in [0.2, 0.25) is 0 Å². The molecule has 9 heteroatoms. The average molecular weight is 273 g/mol. The molecule has 0 radical (unpaired) electrons. The fourth-order valence-electron chi connectivity index (χ4n) is 0.587. The highest BCUT2D eigenvalue weighted by atomic mass is 32.3. The number of hydrogen-bond acceptors (Lipinski definition) is 5. The van der Waals surface area contributed by atoms with E-state index in [4.69, 9.17) is 28.7 Å². The Kier molecular flexibility index (Phi) is 8.84. The predicted octanol–water partition coefficient (Wildman–Crippen LogP) is 0.348. The molecule has 0 aromatic rings. The Morgan fingerprint density at radius 1 is 1.44 bits per heavy atom. The molecule has 0 aliphatic heterocycles. The quantitative estimate of drug-likeness (QED) is 0.216. The second-order valence-corrected chi connectivity index (χ2v) is 5.87. The molecule has 0 spiro atoms. The first-order valence-electron chi connectivity index (χ1n) is 4.33. The van der Waals surface area contributed by atoms with Gasteiger partial charge in [0.05, 0.1) is 0 Å². The predicted molar refractivity (Wildman–Crippen MR) is 66.3 cm³/mol. The maximum Gasteiger partial charge on any atom is 0.394 e. The van der Waals surface area contributed by atoms with Crippen LogP contribution < -0.4 is 11.1 Å². The SMILES string of the molecule is CC(C)(C)NCCSC(=N)N.O=S(=O)(O)O. The van der Waals surface area contributed by atoms with Gasteiger partial charge in [0.25, 0.3) is 0 Å². The normalized spacial score (nSPS) is 11.6. The van der Waals surface area contributed by atoms with E-state index in [2.05, 4.69) is 26.1 Å². The van der Waals surface area contributed by atoms with E-state index in [9.17, 15) is 0 Å². The van der Waals surface area contributed by atoms with Crippen LogP contribution in [0.5, 0.6) is 0 Å². The molecule has 0 atom stereocenters. The molecule has 16 heavy (non-hydrogen) atoms. The molecule has 98 valence electrons. The van der Waals surface area contributed by atoms with Gasteiger partial charge in [0.15, 0.2) is 5.17 Å². The highest BCUT2D eigenvalue weighted by Gasteiger charge is 2.06. The lowest BCUT2D eigenvalue weighted by molar-refractivity contribution is 0.381. The lowest BCUT2D eigenvalue weighted by Gasteiger charge is -2.19. The summed E-state index contributed by atoms with van der Waals surface area (Å²) in [6.45, 7) is 7.25. The van der Waals surface area contributed by atoms with E-state index in [-0.39, 0.29) is 10.7 Å². The third kappa shape index (κ3) is 37.3. The number of nitrogens with one attached hydrogen (secondary N) is 2.